The van der Waals surface area contributed by atoms with Crippen LogP contribution in [-0.4, -0.2) is 21.9 Å². The van der Waals surface area contributed by atoms with Crippen molar-refractivity contribution in [3.63, 3.8) is 0 Å². The smallest absolute Gasteiger partial charge is 0.266 e. The number of fused-ring (bicyclic) bond motifs is 1. The molecule has 4 aromatic rings. The number of aryl methyl sites for hydroxylation is 1. The Bertz CT molecular complexity index is 1210. The van der Waals surface area contributed by atoms with Crippen LogP contribution in [0.3, 0.4) is 0 Å². The van der Waals surface area contributed by atoms with Crippen LogP contribution in [0.4, 0.5) is 18.9 Å². The first-order valence-corrected chi connectivity index (χ1v) is 9.23. The number of nitrogens with one attached hydrogen (secondary N) is 1. The molecule has 154 valence electrons. The van der Waals surface area contributed by atoms with E-state index in [-0.39, 0.29) is 12.1 Å². The number of hydrogen-bond donors (Lipinski definition) is 1. The highest BCUT2D eigenvalue weighted by Gasteiger charge is 2.17. The molecule has 0 aliphatic carbocycles. The number of nitrogens with zero attached hydrogens (tertiary/aromatic N) is 3. The van der Waals surface area contributed by atoms with Gasteiger partial charge in [0.25, 0.3) is 6.43 Å². The van der Waals surface area contributed by atoms with Gasteiger partial charge in [-0.2, -0.15) is 5.10 Å². The molecule has 8 heteroatoms. The largest absolute Gasteiger partial charge is 0.496 e. The maximum absolute atomic E-state index is 14.4. The van der Waals surface area contributed by atoms with E-state index >= 15 is 0 Å². The highest BCUT2D eigenvalue weighted by molar-refractivity contribution is 5.96. The summed E-state index contributed by atoms with van der Waals surface area (Å²) in [6.07, 6.45) is 2.37. The van der Waals surface area contributed by atoms with Crippen LogP contribution in [0.5, 0.6) is 5.75 Å². The van der Waals surface area contributed by atoms with Gasteiger partial charge in [0.05, 0.1) is 24.4 Å². The Hall–Kier alpha value is -3.55. The minimum Gasteiger partial charge on any atom is -0.496 e. The Balaban J connectivity index is 1.72. The van der Waals surface area contributed by atoms with Gasteiger partial charge in [0.2, 0.25) is 0 Å². The van der Waals surface area contributed by atoms with Crippen molar-refractivity contribution in [2.24, 2.45) is 7.05 Å². The normalized spacial score (nSPS) is 11.3. The van der Waals surface area contributed by atoms with E-state index in [0.29, 0.717) is 17.0 Å². The first-order valence-electron chi connectivity index (χ1n) is 9.23. The summed E-state index contributed by atoms with van der Waals surface area (Å²) in [4.78, 5) is 4.39. The lowest BCUT2D eigenvalue weighted by atomic mass is 10.0. The van der Waals surface area contributed by atoms with Crippen molar-refractivity contribution in [2.45, 2.75) is 13.0 Å². The average molecular weight is 412 g/mol. The summed E-state index contributed by atoms with van der Waals surface area (Å²) < 4.78 is 47.5. The lowest BCUT2D eigenvalue weighted by Gasteiger charge is -2.14. The summed E-state index contributed by atoms with van der Waals surface area (Å²) in [6, 6.07) is 9.51. The molecule has 0 spiro atoms. The van der Waals surface area contributed by atoms with Crippen molar-refractivity contribution in [2.75, 3.05) is 12.4 Å². The fourth-order valence-electron chi connectivity index (χ4n) is 3.38. The lowest BCUT2D eigenvalue weighted by molar-refractivity contribution is 0.146. The molecular weight excluding hydrogens is 393 g/mol. The van der Waals surface area contributed by atoms with E-state index in [1.165, 1.54) is 12.1 Å². The molecular formula is C22H19F3N4O. The van der Waals surface area contributed by atoms with E-state index in [2.05, 4.69) is 15.4 Å². The molecule has 0 aliphatic rings. The van der Waals surface area contributed by atoms with Crippen LogP contribution in [0.2, 0.25) is 0 Å². The quantitative estimate of drug-likeness (QED) is 0.465. The number of benzene rings is 2. The number of aromatic nitrogens is 3. The number of methoxy groups -OCH3 is 1. The van der Waals surface area contributed by atoms with Crippen molar-refractivity contribution in [3.8, 4) is 16.9 Å². The molecule has 0 fully saturated rings. The molecule has 2 heterocycles. The Morgan fingerprint density at radius 1 is 1.20 bits per heavy atom. The molecule has 0 aliphatic heterocycles. The first-order chi connectivity index (χ1) is 14.5. The summed E-state index contributed by atoms with van der Waals surface area (Å²) in [5.41, 5.74) is 2.67. The molecule has 0 saturated heterocycles. The van der Waals surface area contributed by atoms with Crippen molar-refractivity contribution in [1.82, 2.24) is 14.8 Å². The molecule has 30 heavy (non-hydrogen) atoms. The van der Waals surface area contributed by atoms with Crippen LogP contribution in [0.25, 0.3) is 22.0 Å². The van der Waals surface area contributed by atoms with E-state index in [9.17, 15) is 13.2 Å². The van der Waals surface area contributed by atoms with Gasteiger partial charge in [-0.1, -0.05) is 18.2 Å². The molecule has 4 rings (SSSR count). The highest BCUT2D eigenvalue weighted by Crippen LogP contribution is 2.36. The predicted octanol–water partition coefficient (Wildman–Crippen LogP) is 5.33. The van der Waals surface area contributed by atoms with Gasteiger partial charge in [-0.05, 0) is 12.1 Å². The van der Waals surface area contributed by atoms with Crippen LogP contribution < -0.4 is 10.1 Å². The molecule has 0 radical (unpaired) electrons. The number of halogens is 3. The number of hydrogen-bond acceptors (Lipinski definition) is 4. The fourth-order valence-corrected chi connectivity index (χ4v) is 3.38. The molecule has 0 atom stereocenters. The highest BCUT2D eigenvalue weighted by atomic mass is 19.3. The second kappa shape index (κ2) is 8.06. The lowest BCUT2D eigenvalue weighted by Crippen LogP contribution is -2.05. The molecule has 0 amide bonds. The topological polar surface area (TPSA) is 52.0 Å². The molecule has 0 bridgehead atoms. The second-order valence-corrected chi connectivity index (χ2v) is 6.81. The minimum absolute atomic E-state index is 0.0553. The van der Waals surface area contributed by atoms with Gasteiger partial charge in [-0.15, -0.1) is 0 Å². The summed E-state index contributed by atoms with van der Waals surface area (Å²) in [6.45, 7) is 0.0553. The van der Waals surface area contributed by atoms with E-state index in [1.807, 2.05) is 25.4 Å². The molecule has 0 unspecified atom stereocenters. The Kier molecular flexibility index (Phi) is 5.31. The van der Waals surface area contributed by atoms with E-state index in [0.717, 1.165) is 22.6 Å². The summed E-state index contributed by atoms with van der Waals surface area (Å²) >= 11 is 0. The number of rotatable bonds is 6. The van der Waals surface area contributed by atoms with Crippen molar-refractivity contribution >= 4 is 16.6 Å². The van der Waals surface area contributed by atoms with Crippen LogP contribution in [0.15, 0.2) is 55.0 Å². The SMILES string of the molecule is COc1cc2nccc(NCc3cccc(C(F)F)c3F)c2cc1-c1cnn(C)c1. The third-order valence-corrected chi connectivity index (χ3v) is 4.89. The third kappa shape index (κ3) is 3.68. The molecule has 2 aromatic carbocycles. The van der Waals surface area contributed by atoms with Crippen molar-refractivity contribution in [3.05, 3.63) is 71.9 Å². The van der Waals surface area contributed by atoms with E-state index in [4.69, 9.17) is 4.74 Å². The summed E-state index contributed by atoms with van der Waals surface area (Å²) in [5.74, 6) is -0.244. The van der Waals surface area contributed by atoms with Gasteiger partial charge in [0, 0.05) is 59.8 Å². The maximum atomic E-state index is 14.4. The van der Waals surface area contributed by atoms with Gasteiger partial charge in [0.15, 0.2) is 0 Å². The minimum atomic E-state index is -2.86. The van der Waals surface area contributed by atoms with Crippen LogP contribution in [0, 0.1) is 5.82 Å². The van der Waals surface area contributed by atoms with Gasteiger partial charge in [0.1, 0.15) is 11.6 Å². The number of alkyl halides is 2. The number of pyridine rings is 1. The standard InChI is InChI=1S/C22H19F3N4O/c1-29-12-14(11-28-29)16-8-17-18(6-7-26-19(17)9-20(16)30-2)27-10-13-4-3-5-15(21(13)23)22(24)25/h3-9,11-12,22H,10H2,1-2H3,(H,26,27). The average Bonchev–Trinajstić information content (AvgIpc) is 3.17. The van der Waals surface area contributed by atoms with Gasteiger partial charge >= 0.3 is 0 Å². The van der Waals surface area contributed by atoms with E-state index in [1.54, 1.807) is 30.3 Å². The molecule has 0 saturated carbocycles. The van der Waals surface area contributed by atoms with Gasteiger partial charge in [-0.25, -0.2) is 13.2 Å². The zero-order valence-corrected chi connectivity index (χ0v) is 16.4. The first kappa shape index (κ1) is 19.8. The Labute approximate surface area is 171 Å². The van der Waals surface area contributed by atoms with Crippen molar-refractivity contribution < 1.29 is 17.9 Å². The molecule has 1 N–H and O–H groups in total. The fraction of sp³-hybridized carbons (Fsp3) is 0.182. The Morgan fingerprint density at radius 2 is 2.03 bits per heavy atom. The summed E-state index contributed by atoms with van der Waals surface area (Å²) in [5, 5.41) is 8.15. The second-order valence-electron chi connectivity index (χ2n) is 6.81. The molecule has 2 aromatic heterocycles. The van der Waals surface area contributed by atoms with Crippen LogP contribution in [-0.2, 0) is 13.6 Å². The Morgan fingerprint density at radius 3 is 2.73 bits per heavy atom. The number of anilines is 1. The van der Waals surface area contributed by atoms with Crippen LogP contribution >= 0.6 is 0 Å². The zero-order chi connectivity index (χ0) is 21.3. The monoisotopic (exact) mass is 412 g/mol. The van der Waals surface area contributed by atoms with E-state index < -0.39 is 17.8 Å². The van der Waals surface area contributed by atoms with Crippen LogP contribution in [0.1, 0.15) is 17.6 Å². The molecule has 5 nitrogen and oxygen atoms in total. The van der Waals surface area contributed by atoms with Gasteiger partial charge in [-0.3, -0.25) is 9.67 Å². The maximum Gasteiger partial charge on any atom is 0.266 e. The number of ether oxygens (including phenoxy) is 1. The third-order valence-electron chi connectivity index (χ3n) is 4.89. The predicted molar refractivity (Wildman–Crippen MR) is 109 cm³/mol. The van der Waals surface area contributed by atoms with Gasteiger partial charge < -0.3 is 10.1 Å². The van der Waals surface area contributed by atoms with Crippen molar-refractivity contribution in [1.29, 1.82) is 0 Å². The summed E-state index contributed by atoms with van der Waals surface area (Å²) in [7, 11) is 3.41. The zero-order valence-electron chi connectivity index (χ0n) is 16.4.